The maximum Gasteiger partial charge on any atom is 0.417 e. The predicted octanol–water partition coefficient (Wildman–Crippen LogP) is 2.65. The van der Waals surface area contributed by atoms with Gasteiger partial charge in [-0.15, -0.1) is 0 Å². The van der Waals surface area contributed by atoms with Gasteiger partial charge in [0.15, 0.2) is 0 Å². The molecule has 30 heavy (non-hydrogen) atoms. The highest BCUT2D eigenvalue weighted by Gasteiger charge is 2.49. The molecule has 0 aromatic heterocycles. The second kappa shape index (κ2) is 8.82. The first-order valence-electron chi connectivity index (χ1n) is 10.1. The summed E-state index contributed by atoms with van der Waals surface area (Å²) in [6.07, 6.45) is -3.26. The lowest BCUT2D eigenvalue weighted by Crippen LogP contribution is -2.45. The number of aliphatic hydroxyl groups excluding tert-OH is 1. The number of piperidine rings is 1. The summed E-state index contributed by atoms with van der Waals surface area (Å²) in [6.45, 7) is 4.29. The smallest absolute Gasteiger partial charge is 0.396 e. The number of nitrogens with zero attached hydrogens (tertiary/aromatic N) is 3. The average molecular weight is 425 g/mol. The molecule has 9 heteroatoms. The molecule has 2 saturated heterocycles. The van der Waals surface area contributed by atoms with Crippen LogP contribution in [0.4, 0.5) is 18.9 Å². The van der Waals surface area contributed by atoms with E-state index in [4.69, 9.17) is 10.00 Å². The molecular formula is C21H26F3N3O3. The van der Waals surface area contributed by atoms with E-state index in [1.807, 2.05) is 11.8 Å². The maximum atomic E-state index is 13.3. The summed E-state index contributed by atoms with van der Waals surface area (Å²) < 4.78 is 45.1. The molecule has 1 unspecified atom stereocenters. The Morgan fingerprint density at radius 1 is 1.37 bits per heavy atom. The third-order valence-corrected chi connectivity index (χ3v) is 6.37. The predicted molar refractivity (Wildman–Crippen MR) is 104 cm³/mol. The van der Waals surface area contributed by atoms with Crippen LogP contribution in [0.5, 0.6) is 0 Å². The highest BCUT2D eigenvalue weighted by atomic mass is 19.4. The summed E-state index contributed by atoms with van der Waals surface area (Å²) in [5.41, 5.74) is -1.13. The molecule has 6 nitrogen and oxygen atoms in total. The summed E-state index contributed by atoms with van der Waals surface area (Å²) in [7, 11) is 0. The molecule has 2 aliphatic rings. The van der Waals surface area contributed by atoms with Gasteiger partial charge in [0.25, 0.3) is 0 Å². The monoisotopic (exact) mass is 425 g/mol. The molecule has 1 N–H and O–H groups in total. The first-order chi connectivity index (χ1) is 14.2. The van der Waals surface area contributed by atoms with Crippen molar-refractivity contribution in [3.8, 4) is 6.07 Å². The van der Waals surface area contributed by atoms with Crippen molar-refractivity contribution in [2.75, 3.05) is 50.9 Å². The highest BCUT2D eigenvalue weighted by Crippen LogP contribution is 2.45. The Labute approximate surface area is 173 Å². The van der Waals surface area contributed by atoms with Gasteiger partial charge in [-0.3, -0.25) is 4.79 Å². The molecule has 1 aromatic carbocycles. The summed E-state index contributed by atoms with van der Waals surface area (Å²) >= 11 is 0. The van der Waals surface area contributed by atoms with Gasteiger partial charge in [-0.2, -0.15) is 18.4 Å². The van der Waals surface area contributed by atoms with Crippen molar-refractivity contribution >= 4 is 11.6 Å². The lowest BCUT2D eigenvalue weighted by molar-refractivity contribution is -0.138. The number of nitriles is 1. The number of aliphatic hydroxyl groups is 1. The normalized spacial score (nSPS) is 21.1. The number of hydrogen-bond donors (Lipinski definition) is 1. The Bertz CT molecular complexity index is 814. The van der Waals surface area contributed by atoms with Gasteiger partial charge in [0.05, 0.1) is 17.2 Å². The van der Waals surface area contributed by atoms with Crippen LogP contribution in [0.2, 0.25) is 0 Å². The van der Waals surface area contributed by atoms with Crippen molar-refractivity contribution in [1.82, 2.24) is 4.90 Å². The van der Waals surface area contributed by atoms with Crippen LogP contribution in [-0.4, -0.2) is 61.9 Å². The van der Waals surface area contributed by atoms with Gasteiger partial charge in [0.2, 0.25) is 5.91 Å². The molecular weight excluding hydrogens is 399 g/mol. The minimum atomic E-state index is -4.59. The van der Waals surface area contributed by atoms with Crippen LogP contribution in [0.15, 0.2) is 18.2 Å². The Morgan fingerprint density at radius 3 is 2.63 bits per heavy atom. The number of benzene rings is 1. The molecule has 2 fully saturated rings. The highest BCUT2D eigenvalue weighted by molar-refractivity contribution is 5.78. The van der Waals surface area contributed by atoms with E-state index in [1.54, 1.807) is 17.0 Å². The summed E-state index contributed by atoms with van der Waals surface area (Å²) in [5.74, 6) is -0.159. The van der Waals surface area contributed by atoms with E-state index in [9.17, 15) is 23.1 Å². The molecule has 2 aliphatic heterocycles. The Morgan fingerprint density at radius 2 is 2.07 bits per heavy atom. The van der Waals surface area contributed by atoms with Crippen LogP contribution in [-0.2, 0) is 15.7 Å². The standard InChI is InChI=1S/C21H26F3N3O3/c1-2-30-13-19(29)27-11-16(12-28)20(14-27)5-7-26(8-6-20)17-4-3-15(10-25)18(9-17)21(22,23)24/h3-4,9,16,28H,2,5-8,11-14H2,1H3. The number of rotatable bonds is 5. The summed E-state index contributed by atoms with van der Waals surface area (Å²) in [5, 5.41) is 18.9. The number of amides is 1. The Kier molecular flexibility index (Phi) is 6.58. The van der Waals surface area contributed by atoms with Crippen LogP contribution in [0.3, 0.4) is 0 Å². The van der Waals surface area contributed by atoms with Crippen LogP contribution in [0.25, 0.3) is 0 Å². The number of carbonyl (C=O) groups excluding carboxylic acids is 1. The van der Waals surface area contributed by atoms with Crippen molar-refractivity contribution in [2.45, 2.75) is 25.9 Å². The molecule has 1 amide bonds. The molecule has 1 aromatic rings. The van der Waals surface area contributed by atoms with Gasteiger partial charge in [-0.05, 0) is 43.4 Å². The third-order valence-electron chi connectivity index (χ3n) is 6.37. The minimum Gasteiger partial charge on any atom is -0.396 e. The van der Waals surface area contributed by atoms with Gasteiger partial charge in [-0.25, -0.2) is 0 Å². The fourth-order valence-electron chi connectivity index (χ4n) is 4.59. The molecule has 3 rings (SSSR count). The molecule has 0 radical (unpaired) electrons. The van der Waals surface area contributed by atoms with E-state index < -0.39 is 11.7 Å². The average Bonchev–Trinajstić information content (AvgIpc) is 3.09. The van der Waals surface area contributed by atoms with Gasteiger partial charge in [-0.1, -0.05) is 0 Å². The molecule has 2 heterocycles. The number of carbonyl (C=O) groups is 1. The van der Waals surface area contributed by atoms with Gasteiger partial charge in [0, 0.05) is 51.0 Å². The maximum absolute atomic E-state index is 13.3. The van der Waals surface area contributed by atoms with Crippen molar-refractivity contribution in [3.63, 3.8) is 0 Å². The van der Waals surface area contributed by atoms with Crippen molar-refractivity contribution < 1.29 is 27.8 Å². The fraction of sp³-hybridized carbons (Fsp3) is 0.619. The van der Waals surface area contributed by atoms with E-state index in [1.165, 1.54) is 6.07 Å². The zero-order valence-corrected chi connectivity index (χ0v) is 16.9. The van der Waals surface area contributed by atoms with E-state index in [-0.39, 0.29) is 36.0 Å². The molecule has 1 spiro atoms. The SMILES string of the molecule is CCOCC(=O)N1CC(CO)C2(CCN(c3ccc(C#N)c(C(F)(F)F)c3)CC2)C1. The van der Waals surface area contributed by atoms with Crippen LogP contribution in [0.1, 0.15) is 30.9 Å². The zero-order valence-electron chi connectivity index (χ0n) is 16.9. The largest absolute Gasteiger partial charge is 0.417 e. The van der Waals surface area contributed by atoms with Gasteiger partial charge in [0.1, 0.15) is 6.61 Å². The van der Waals surface area contributed by atoms with Gasteiger partial charge < -0.3 is 19.6 Å². The second-order valence-electron chi connectivity index (χ2n) is 7.98. The molecule has 1 atom stereocenters. The lowest BCUT2D eigenvalue weighted by atomic mass is 9.71. The van der Waals surface area contributed by atoms with E-state index in [0.717, 1.165) is 6.07 Å². The minimum absolute atomic E-state index is 0.0162. The number of anilines is 1. The molecule has 0 saturated carbocycles. The van der Waals surface area contributed by atoms with Crippen LogP contribution < -0.4 is 4.90 Å². The van der Waals surface area contributed by atoms with Crippen molar-refractivity contribution in [3.05, 3.63) is 29.3 Å². The topological polar surface area (TPSA) is 76.8 Å². The first-order valence-corrected chi connectivity index (χ1v) is 10.1. The van der Waals surface area contributed by atoms with Crippen molar-refractivity contribution in [2.24, 2.45) is 11.3 Å². The number of halogens is 3. The van der Waals surface area contributed by atoms with Crippen molar-refractivity contribution in [1.29, 1.82) is 5.26 Å². The fourth-order valence-corrected chi connectivity index (χ4v) is 4.59. The van der Waals surface area contributed by atoms with E-state index in [2.05, 4.69) is 0 Å². The number of ether oxygens (including phenoxy) is 1. The Balaban J connectivity index is 1.72. The quantitative estimate of drug-likeness (QED) is 0.785. The zero-order chi connectivity index (χ0) is 21.9. The van der Waals surface area contributed by atoms with Crippen LogP contribution >= 0.6 is 0 Å². The molecule has 164 valence electrons. The summed E-state index contributed by atoms with van der Waals surface area (Å²) in [6, 6.07) is 5.39. The summed E-state index contributed by atoms with van der Waals surface area (Å²) in [4.78, 5) is 16.0. The molecule has 0 bridgehead atoms. The number of likely N-dealkylation sites (tertiary alicyclic amines) is 1. The first kappa shape index (κ1) is 22.4. The van der Waals surface area contributed by atoms with E-state index >= 15 is 0 Å². The second-order valence-corrected chi connectivity index (χ2v) is 7.98. The third kappa shape index (κ3) is 4.40. The molecule has 0 aliphatic carbocycles. The van der Waals surface area contributed by atoms with Crippen LogP contribution in [0, 0.1) is 22.7 Å². The number of alkyl halides is 3. The number of hydrogen-bond acceptors (Lipinski definition) is 5. The van der Waals surface area contributed by atoms with E-state index in [0.29, 0.717) is 51.3 Å². The van der Waals surface area contributed by atoms with Gasteiger partial charge >= 0.3 is 6.18 Å². The Hall–Kier alpha value is -2.31. The lowest BCUT2D eigenvalue weighted by Gasteiger charge is -2.43.